The fraction of sp³-hybridized carbons (Fsp3) is 0.917. The number of hydrogen-bond acceptors (Lipinski definition) is 5. The Balaban J connectivity index is 2.31. The van der Waals surface area contributed by atoms with Crippen molar-refractivity contribution in [1.82, 2.24) is 9.80 Å². The van der Waals surface area contributed by atoms with Gasteiger partial charge in [0.05, 0.1) is 13.2 Å². The van der Waals surface area contributed by atoms with Crippen LogP contribution in [-0.4, -0.2) is 73.9 Å². The largest absolute Gasteiger partial charge is 0.469 e. The smallest absolute Gasteiger partial charge is 0.305 e. The van der Waals surface area contributed by atoms with E-state index in [4.69, 9.17) is 0 Å². The maximum Gasteiger partial charge on any atom is 0.305 e. The normalized spacial score (nSPS) is 25.5. The van der Waals surface area contributed by atoms with Gasteiger partial charge in [0, 0.05) is 25.6 Å². The molecule has 1 fully saturated rings. The fourth-order valence-corrected chi connectivity index (χ4v) is 2.37. The van der Waals surface area contributed by atoms with Crippen LogP contribution in [-0.2, 0) is 9.53 Å². The predicted octanol–water partition coefficient (Wildman–Crippen LogP) is -0.0636. The Morgan fingerprint density at radius 2 is 2.24 bits per heavy atom. The molecule has 0 aromatic carbocycles. The summed E-state index contributed by atoms with van der Waals surface area (Å²) in [5.41, 5.74) is 0. The van der Waals surface area contributed by atoms with Gasteiger partial charge in [-0.05, 0) is 33.5 Å². The van der Waals surface area contributed by atoms with Gasteiger partial charge in [0.2, 0.25) is 0 Å². The van der Waals surface area contributed by atoms with Crippen LogP contribution in [0.1, 0.15) is 19.3 Å². The molecule has 0 spiro atoms. The summed E-state index contributed by atoms with van der Waals surface area (Å²) in [7, 11) is 5.49. The van der Waals surface area contributed by atoms with Crippen molar-refractivity contribution in [2.45, 2.75) is 31.4 Å². The summed E-state index contributed by atoms with van der Waals surface area (Å²) in [6.45, 7) is 2.53. The molecule has 17 heavy (non-hydrogen) atoms. The van der Waals surface area contributed by atoms with Crippen LogP contribution in [0.2, 0.25) is 0 Å². The van der Waals surface area contributed by atoms with Gasteiger partial charge in [0.1, 0.15) is 0 Å². The number of β-amino-alcohol motifs (C(OH)–C–C–N with tert-alkyl or cyclic N) is 1. The highest BCUT2D eigenvalue weighted by molar-refractivity contribution is 5.69. The van der Waals surface area contributed by atoms with Crippen LogP contribution >= 0.6 is 0 Å². The molecule has 1 aliphatic rings. The van der Waals surface area contributed by atoms with Crippen molar-refractivity contribution in [2.24, 2.45) is 0 Å². The van der Waals surface area contributed by atoms with Crippen molar-refractivity contribution in [3.8, 4) is 0 Å². The van der Waals surface area contributed by atoms with Crippen LogP contribution in [0.5, 0.6) is 0 Å². The monoisotopic (exact) mass is 244 g/mol. The third kappa shape index (κ3) is 5.02. The second kappa shape index (κ2) is 6.93. The number of hydrogen-bond donors (Lipinski definition) is 1. The molecule has 1 aliphatic heterocycles. The Kier molecular flexibility index (Phi) is 5.88. The van der Waals surface area contributed by atoms with Crippen LogP contribution in [0.15, 0.2) is 0 Å². The first-order chi connectivity index (χ1) is 8.02. The fourth-order valence-electron chi connectivity index (χ4n) is 2.37. The number of likely N-dealkylation sites (N-methyl/N-ethyl adjacent to an activating group) is 1. The van der Waals surface area contributed by atoms with E-state index in [9.17, 15) is 9.90 Å². The molecule has 5 nitrogen and oxygen atoms in total. The van der Waals surface area contributed by atoms with Crippen molar-refractivity contribution in [2.75, 3.05) is 40.8 Å². The van der Waals surface area contributed by atoms with Gasteiger partial charge >= 0.3 is 5.97 Å². The van der Waals surface area contributed by atoms with Crippen LogP contribution < -0.4 is 0 Å². The molecular formula is C12H24N2O3. The molecule has 0 bridgehead atoms. The molecule has 1 saturated heterocycles. The summed E-state index contributed by atoms with van der Waals surface area (Å²) < 4.78 is 4.61. The number of ether oxygens (including phenoxy) is 1. The van der Waals surface area contributed by atoms with Crippen LogP contribution in [0.4, 0.5) is 0 Å². The number of carbonyl (C=O) groups excluding carboxylic acids is 1. The highest BCUT2D eigenvalue weighted by Gasteiger charge is 2.30. The Labute approximate surface area is 103 Å². The van der Waals surface area contributed by atoms with Gasteiger partial charge in [-0.3, -0.25) is 9.69 Å². The quantitative estimate of drug-likeness (QED) is 0.663. The maximum absolute atomic E-state index is 11.0. The van der Waals surface area contributed by atoms with E-state index in [2.05, 4.69) is 14.5 Å². The van der Waals surface area contributed by atoms with Gasteiger partial charge < -0.3 is 14.7 Å². The van der Waals surface area contributed by atoms with Crippen LogP contribution in [0.25, 0.3) is 0 Å². The van der Waals surface area contributed by atoms with Crippen molar-refractivity contribution in [3.05, 3.63) is 0 Å². The minimum absolute atomic E-state index is 0.158. The summed E-state index contributed by atoms with van der Waals surface area (Å²) in [6, 6.07) is 0.401. The number of likely N-dealkylation sites (tertiary alicyclic amines) is 1. The molecular weight excluding hydrogens is 220 g/mol. The molecule has 0 radical (unpaired) electrons. The first-order valence-electron chi connectivity index (χ1n) is 6.16. The van der Waals surface area contributed by atoms with E-state index < -0.39 is 0 Å². The number of esters is 1. The third-order valence-electron chi connectivity index (χ3n) is 3.14. The Hall–Kier alpha value is -0.650. The number of carbonyl (C=O) groups is 1. The van der Waals surface area contributed by atoms with Gasteiger partial charge in [0.25, 0.3) is 0 Å². The van der Waals surface area contributed by atoms with E-state index in [1.54, 1.807) is 0 Å². The summed E-state index contributed by atoms with van der Waals surface area (Å²) >= 11 is 0. The average Bonchev–Trinajstić information content (AvgIpc) is 2.58. The van der Waals surface area contributed by atoms with Crippen molar-refractivity contribution >= 4 is 5.97 Å². The molecule has 0 aromatic rings. The van der Waals surface area contributed by atoms with Gasteiger partial charge in [-0.1, -0.05) is 0 Å². The molecule has 1 heterocycles. The van der Waals surface area contributed by atoms with Gasteiger partial charge in [-0.2, -0.15) is 0 Å². The molecule has 1 rings (SSSR count). The molecule has 1 N–H and O–H groups in total. The average molecular weight is 244 g/mol. The van der Waals surface area contributed by atoms with E-state index in [0.29, 0.717) is 12.5 Å². The van der Waals surface area contributed by atoms with Crippen molar-refractivity contribution in [3.63, 3.8) is 0 Å². The van der Waals surface area contributed by atoms with E-state index in [-0.39, 0.29) is 12.1 Å². The van der Waals surface area contributed by atoms with Gasteiger partial charge in [-0.25, -0.2) is 0 Å². The summed E-state index contributed by atoms with van der Waals surface area (Å²) in [6.07, 6.45) is 1.86. The zero-order valence-electron chi connectivity index (χ0n) is 11.1. The third-order valence-corrected chi connectivity index (χ3v) is 3.14. The zero-order valence-corrected chi connectivity index (χ0v) is 11.1. The SMILES string of the molecule is COC(=O)CCCN1CC(O)CC1CN(C)C. The lowest BCUT2D eigenvalue weighted by molar-refractivity contribution is -0.140. The molecule has 5 heteroatoms. The highest BCUT2D eigenvalue weighted by atomic mass is 16.5. The minimum Gasteiger partial charge on any atom is -0.469 e. The molecule has 0 amide bonds. The summed E-state index contributed by atoms with van der Waals surface area (Å²) in [5.74, 6) is -0.158. The van der Waals surface area contributed by atoms with Crippen molar-refractivity contribution in [1.29, 1.82) is 0 Å². The second-order valence-corrected chi connectivity index (χ2v) is 4.98. The van der Waals surface area contributed by atoms with Crippen LogP contribution in [0, 0.1) is 0 Å². The number of methoxy groups -OCH3 is 1. The molecule has 100 valence electrons. The first-order valence-corrected chi connectivity index (χ1v) is 6.16. The van der Waals surface area contributed by atoms with Gasteiger partial charge in [-0.15, -0.1) is 0 Å². The molecule has 2 unspecified atom stereocenters. The Bertz CT molecular complexity index is 246. The number of nitrogens with zero attached hydrogens (tertiary/aromatic N) is 2. The molecule has 0 saturated carbocycles. The van der Waals surface area contributed by atoms with Crippen LogP contribution in [0.3, 0.4) is 0 Å². The first kappa shape index (κ1) is 14.4. The van der Waals surface area contributed by atoms with Crippen molar-refractivity contribution < 1.29 is 14.6 Å². The maximum atomic E-state index is 11.0. The predicted molar refractivity (Wildman–Crippen MR) is 65.8 cm³/mol. The van der Waals surface area contributed by atoms with E-state index in [1.807, 2.05) is 14.1 Å². The number of aliphatic hydroxyl groups excluding tert-OH is 1. The lowest BCUT2D eigenvalue weighted by Gasteiger charge is -2.26. The Morgan fingerprint density at radius 3 is 2.82 bits per heavy atom. The highest BCUT2D eigenvalue weighted by Crippen LogP contribution is 2.18. The zero-order chi connectivity index (χ0) is 12.8. The molecule has 0 aliphatic carbocycles. The van der Waals surface area contributed by atoms with Gasteiger partial charge in [0.15, 0.2) is 0 Å². The summed E-state index contributed by atoms with van der Waals surface area (Å²) in [4.78, 5) is 15.4. The number of aliphatic hydroxyl groups is 1. The van der Waals surface area contributed by atoms with E-state index >= 15 is 0 Å². The second-order valence-electron chi connectivity index (χ2n) is 4.98. The minimum atomic E-state index is -0.224. The lowest BCUT2D eigenvalue weighted by atomic mass is 10.2. The summed E-state index contributed by atoms with van der Waals surface area (Å²) in [5, 5.41) is 9.69. The molecule has 2 atom stereocenters. The Morgan fingerprint density at radius 1 is 1.53 bits per heavy atom. The number of rotatable bonds is 6. The van der Waals surface area contributed by atoms with E-state index in [0.717, 1.165) is 32.5 Å². The standard InChI is InChI=1S/C12H24N2O3/c1-13(2)8-10-7-11(15)9-14(10)6-4-5-12(16)17-3/h10-11,15H,4-9H2,1-3H3. The lowest BCUT2D eigenvalue weighted by Crippen LogP contribution is -2.38. The topological polar surface area (TPSA) is 53.0 Å². The van der Waals surface area contributed by atoms with E-state index in [1.165, 1.54) is 7.11 Å². The molecule has 0 aromatic heterocycles.